The third-order valence-corrected chi connectivity index (χ3v) is 8.91. The largest absolute Gasteiger partial charge is 0.481 e. The van der Waals surface area contributed by atoms with Gasteiger partial charge in [0.25, 0.3) is 0 Å². The summed E-state index contributed by atoms with van der Waals surface area (Å²) < 4.78 is 21.6. The van der Waals surface area contributed by atoms with Crippen molar-refractivity contribution in [2.24, 2.45) is 5.92 Å². The van der Waals surface area contributed by atoms with Crippen molar-refractivity contribution in [3.05, 3.63) is 0 Å². The molecule has 0 aliphatic carbocycles. The fourth-order valence-electron chi connectivity index (χ4n) is 5.60. The number of ketones is 1. The van der Waals surface area contributed by atoms with E-state index in [0.717, 1.165) is 44.9 Å². The molecule has 0 saturated heterocycles. The van der Waals surface area contributed by atoms with E-state index in [1.807, 2.05) is 0 Å². The van der Waals surface area contributed by atoms with E-state index >= 15 is 0 Å². The van der Waals surface area contributed by atoms with Crippen LogP contribution in [0.15, 0.2) is 0 Å². The molecule has 0 spiro atoms. The van der Waals surface area contributed by atoms with Crippen LogP contribution in [0.4, 0.5) is 0 Å². The lowest BCUT2D eigenvalue weighted by atomic mass is 10.0. The van der Waals surface area contributed by atoms with Crippen LogP contribution in [-0.4, -0.2) is 106 Å². The summed E-state index contributed by atoms with van der Waals surface area (Å²) in [5.74, 6) is -2.03. The fourth-order valence-corrected chi connectivity index (χ4v) is 5.60. The summed E-state index contributed by atoms with van der Waals surface area (Å²) in [6.07, 6.45) is 22.9. The molecule has 0 bridgehead atoms. The Bertz CT molecular complexity index is 919. The Morgan fingerprint density at radius 3 is 1.47 bits per heavy atom. The molecule has 0 saturated carbocycles. The van der Waals surface area contributed by atoms with Crippen LogP contribution in [0.1, 0.15) is 155 Å². The second-order valence-electron chi connectivity index (χ2n) is 14.0. The lowest BCUT2D eigenvalue weighted by Gasteiger charge is -2.08. The van der Waals surface area contributed by atoms with Crippen LogP contribution in [0, 0.1) is 5.92 Å². The highest BCUT2D eigenvalue weighted by Crippen LogP contribution is 2.14. The average molecular weight is 759 g/mol. The summed E-state index contributed by atoms with van der Waals surface area (Å²) in [6, 6.07) is 0. The SMILES string of the molecule is C[C@@H](CCCCNC(=O)COCCOCCCC(=O)COCCOCCNC(=O)CCCCCCCCCCCCCCCCCCC(=O)O)C(=O)O. The maximum Gasteiger partial charge on any atom is 0.306 e. The Morgan fingerprint density at radius 1 is 0.453 bits per heavy atom. The molecule has 13 heteroatoms. The number of Topliss-reactive ketones (excluding diaryl/α,β-unsaturated/α-hetero) is 1. The maximum atomic E-state index is 12.0. The fraction of sp³-hybridized carbons (Fsp3) is 0.875. The molecular formula is C40H74N2O11. The zero-order valence-corrected chi connectivity index (χ0v) is 33.0. The van der Waals surface area contributed by atoms with E-state index in [2.05, 4.69) is 10.6 Å². The van der Waals surface area contributed by atoms with E-state index in [-0.39, 0.29) is 43.3 Å². The second-order valence-corrected chi connectivity index (χ2v) is 14.0. The van der Waals surface area contributed by atoms with Gasteiger partial charge in [-0.05, 0) is 32.1 Å². The molecule has 0 radical (unpaired) electrons. The summed E-state index contributed by atoms with van der Waals surface area (Å²) in [4.78, 5) is 57.0. The van der Waals surface area contributed by atoms with Gasteiger partial charge in [0, 0.05) is 39.0 Å². The van der Waals surface area contributed by atoms with Crippen LogP contribution in [0.5, 0.6) is 0 Å². The van der Waals surface area contributed by atoms with Crippen LogP contribution >= 0.6 is 0 Å². The van der Waals surface area contributed by atoms with Gasteiger partial charge < -0.3 is 39.8 Å². The predicted molar refractivity (Wildman–Crippen MR) is 205 cm³/mol. The maximum absolute atomic E-state index is 12.0. The van der Waals surface area contributed by atoms with E-state index in [1.54, 1.807) is 6.92 Å². The summed E-state index contributed by atoms with van der Waals surface area (Å²) in [5, 5.41) is 23.1. The number of unbranched alkanes of at least 4 members (excludes halogenated alkanes) is 16. The molecule has 0 aromatic rings. The highest BCUT2D eigenvalue weighted by atomic mass is 16.5. The smallest absolute Gasteiger partial charge is 0.306 e. The molecular weight excluding hydrogens is 684 g/mol. The van der Waals surface area contributed by atoms with E-state index in [0.29, 0.717) is 78.2 Å². The molecule has 0 aliphatic rings. The normalized spacial score (nSPS) is 11.7. The molecule has 2 amide bonds. The van der Waals surface area contributed by atoms with Crippen LogP contribution in [0.3, 0.4) is 0 Å². The molecule has 0 aliphatic heterocycles. The number of hydrogen-bond donors (Lipinski definition) is 4. The minimum Gasteiger partial charge on any atom is -0.481 e. The Labute approximate surface area is 319 Å². The number of rotatable bonds is 42. The number of ether oxygens (including phenoxy) is 4. The first-order valence-electron chi connectivity index (χ1n) is 20.5. The van der Waals surface area contributed by atoms with Gasteiger partial charge in [-0.2, -0.15) is 0 Å². The third kappa shape index (κ3) is 40.4. The second kappa shape index (κ2) is 39.1. The summed E-state index contributed by atoms with van der Waals surface area (Å²) in [7, 11) is 0. The van der Waals surface area contributed by atoms with E-state index < -0.39 is 11.9 Å². The van der Waals surface area contributed by atoms with Crippen molar-refractivity contribution in [1.29, 1.82) is 0 Å². The van der Waals surface area contributed by atoms with Crippen molar-refractivity contribution in [2.45, 2.75) is 155 Å². The van der Waals surface area contributed by atoms with Crippen molar-refractivity contribution < 1.29 is 53.1 Å². The van der Waals surface area contributed by atoms with Crippen molar-refractivity contribution in [2.75, 3.05) is 65.9 Å². The molecule has 0 aromatic carbocycles. The number of nitrogens with one attached hydrogen (secondary N) is 2. The van der Waals surface area contributed by atoms with Gasteiger partial charge in [0.15, 0.2) is 5.78 Å². The molecule has 0 rings (SSSR count). The van der Waals surface area contributed by atoms with Crippen molar-refractivity contribution >= 4 is 29.5 Å². The van der Waals surface area contributed by atoms with Gasteiger partial charge >= 0.3 is 11.9 Å². The van der Waals surface area contributed by atoms with Crippen LogP contribution in [-0.2, 0) is 42.9 Å². The first-order chi connectivity index (χ1) is 25.7. The van der Waals surface area contributed by atoms with Gasteiger partial charge in [-0.15, -0.1) is 0 Å². The standard InChI is InChI=1S/C40H74N2O11/c1-35(40(48)49)21-18-19-25-41-38(45)34-53-32-29-50-27-20-22-36(43)33-52-31-30-51-28-26-42-37(44)23-16-14-12-10-8-6-4-2-3-5-7-9-11-13-15-17-24-39(46)47/h35H,2-34H2,1H3,(H,41,45)(H,42,44)(H,46,47)(H,48,49)/t35-/m0/s1. The number of carboxylic acid groups (broad SMARTS) is 2. The van der Waals surface area contributed by atoms with Gasteiger partial charge in [0.2, 0.25) is 11.8 Å². The zero-order valence-electron chi connectivity index (χ0n) is 33.0. The molecule has 4 N–H and O–H groups in total. The number of hydrogen-bond acceptors (Lipinski definition) is 9. The van der Waals surface area contributed by atoms with Crippen LogP contribution in [0.2, 0.25) is 0 Å². The topological polar surface area (TPSA) is 187 Å². The molecule has 0 aromatic heterocycles. The lowest BCUT2D eigenvalue weighted by molar-refractivity contribution is -0.141. The Morgan fingerprint density at radius 2 is 0.925 bits per heavy atom. The summed E-state index contributed by atoms with van der Waals surface area (Å²) in [6.45, 7) is 4.67. The number of aliphatic carboxylic acids is 2. The molecule has 0 unspecified atom stereocenters. The van der Waals surface area contributed by atoms with Crippen LogP contribution in [0.25, 0.3) is 0 Å². The quantitative estimate of drug-likeness (QED) is 0.0490. The zero-order chi connectivity index (χ0) is 39.0. The number of carbonyl (C=O) groups is 5. The summed E-state index contributed by atoms with van der Waals surface area (Å²) >= 11 is 0. The molecule has 310 valence electrons. The number of carbonyl (C=O) groups excluding carboxylic acids is 3. The third-order valence-electron chi connectivity index (χ3n) is 8.91. The van der Waals surface area contributed by atoms with E-state index in [4.69, 9.17) is 29.2 Å². The van der Waals surface area contributed by atoms with Crippen molar-refractivity contribution in [1.82, 2.24) is 10.6 Å². The van der Waals surface area contributed by atoms with Gasteiger partial charge in [0.05, 0.1) is 39.0 Å². The molecule has 0 fully saturated rings. The molecule has 53 heavy (non-hydrogen) atoms. The Hall–Kier alpha value is -2.61. The minimum absolute atomic E-state index is 0.00984. The lowest BCUT2D eigenvalue weighted by Crippen LogP contribution is -2.29. The van der Waals surface area contributed by atoms with Crippen molar-refractivity contribution in [3.8, 4) is 0 Å². The first kappa shape index (κ1) is 50.4. The van der Waals surface area contributed by atoms with Gasteiger partial charge in [-0.25, -0.2) is 0 Å². The van der Waals surface area contributed by atoms with Gasteiger partial charge in [0.1, 0.15) is 13.2 Å². The van der Waals surface area contributed by atoms with Crippen LogP contribution < -0.4 is 10.6 Å². The highest BCUT2D eigenvalue weighted by molar-refractivity contribution is 5.79. The van der Waals surface area contributed by atoms with Gasteiger partial charge in [-0.3, -0.25) is 24.0 Å². The van der Waals surface area contributed by atoms with Crippen molar-refractivity contribution in [3.63, 3.8) is 0 Å². The minimum atomic E-state index is -0.803. The highest BCUT2D eigenvalue weighted by Gasteiger charge is 2.10. The first-order valence-corrected chi connectivity index (χ1v) is 20.5. The predicted octanol–water partition coefficient (Wildman–Crippen LogP) is 6.63. The molecule has 1 atom stereocenters. The summed E-state index contributed by atoms with van der Waals surface area (Å²) in [5.41, 5.74) is 0. The number of carboxylic acids is 2. The Balaban J connectivity index is 3.32. The average Bonchev–Trinajstić information content (AvgIpc) is 3.12. The monoisotopic (exact) mass is 759 g/mol. The van der Waals surface area contributed by atoms with E-state index in [9.17, 15) is 24.0 Å². The Kier molecular flexibility index (Phi) is 37.2. The molecule has 0 heterocycles. The van der Waals surface area contributed by atoms with E-state index in [1.165, 1.54) is 70.6 Å². The van der Waals surface area contributed by atoms with Gasteiger partial charge in [-0.1, -0.05) is 103 Å². The number of amides is 2. The molecule has 13 nitrogen and oxygen atoms in total.